The zero-order valence-electron chi connectivity index (χ0n) is 13.9. The number of benzene rings is 1. The molecule has 0 fully saturated rings. The standard InChI is InChI=1S/C15H21FN2O5S/c1-9-8-22-12-7-10(16)5-6-11(12)13(9)17-24(20,21)18-14(19)23-15(2,3)4/h5-7,9,13,17H,8H2,1-4H3,(H,18,19). The molecule has 0 spiro atoms. The van der Waals surface area contributed by atoms with Gasteiger partial charge >= 0.3 is 16.3 Å². The lowest BCUT2D eigenvalue weighted by Crippen LogP contribution is -2.46. The molecule has 0 saturated carbocycles. The first-order valence-electron chi connectivity index (χ1n) is 7.42. The number of nitrogens with one attached hydrogen (secondary N) is 2. The molecular formula is C15H21FN2O5S. The number of hydrogen-bond donors (Lipinski definition) is 2. The third kappa shape index (κ3) is 4.81. The first kappa shape index (κ1) is 18.5. The van der Waals surface area contributed by atoms with Crippen molar-refractivity contribution in [2.75, 3.05) is 6.61 Å². The Balaban J connectivity index is 2.16. The quantitative estimate of drug-likeness (QED) is 0.862. The van der Waals surface area contributed by atoms with Gasteiger partial charge in [0.1, 0.15) is 17.2 Å². The highest BCUT2D eigenvalue weighted by atomic mass is 32.2. The van der Waals surface area contributed by atoms with Crippen LogP contribution in [0.5, 0.6) is 5.75 Å². The molecule has 2 rings (SSSR count). The second kappa shape index (κ2) is 6.56. The predicted octanol–water partition coefficient (Wildman–Crippen LogP) is 2.25. The Morgan fingerprint density at radius 3 is 2.67 bits per heavy atom. The average Bonchev–Trinajstić information content (AvgIpc) is 2.39. The van der Waals surface area contributed by atoms with Gasteiger partial charge in [-0.05, 0) is 26.8 Å². The van der Waals surface area contributed by atoms with Gasteiger partial charge in [0.2, 0.25) is 0 Å². The first-order valence-corrected chi connectivity index (χ1v) is 8.90. The second-order valence-electron chi connectivity index (χ2n) is 6.67. The van der Waals surface area contributed by atoms with E-state index in [-0.39, 0.29) is 18.3 Å². The minimum absolute atomic E-state index is 0.210. The van der Waals surface area contributed by atoms with E-state index in [0.29, 0.717) is 5.56 Å². The highest BCUT2D eigenvalue weighted by molar-refractivity contribution is 7.88. The highest BCUT2D eigenvalue weighted by Crippen LogP contribution is 2.36. The van der Waals surface area contributed by atoms with Gasteiger partial charge in [-0.3, -0.25) is 0 Å². The zero-order valence-corrected chi connectivity index (χ0v) is 14.7. The molecule has 1 aliphatic heterocycles. The van der Waals surface area contributed by atoms with E-state index in [1.807, 2.05) is 4.72 Å². The van der Waals surface area contributed by atoms with Crippen molar-refractivity contribution in [3.63, 3.8) is 0 Å². The van der Waals surface area contributed by atoms with Crippen molar-refractivity contribution in [2.24, 2.45) is 5.92 Å². The van der Waals surface area contributed by atoms with Crippen LogP contribution in [-0.4, -0.2) is 26.7 Å². The molecule has 1 aliphatic rings. The molecule has 2 atom stereocenters. The minimum Gasteiger partial charge on any atom is -0.493 e. The summed E-state index contributed by atoms with van der Waals surface area (Å²) in [5, 5.41) is 0. The Labute approximate surface area is 140 Å². The molecule has 0 saturated heterocycles. The van der Waals surface area contributed by atoms with Crippen molar-refractivity contribution in [3.05, 3.63) is 29.6 Å². The molecule has 2 N–H and O–H groups in total. The predicted molar refractivity (Wildman–Crippen MR) is 85.2 cm³/mol. The van der Waals surface area contributed by atoms with Crippen LogP contribution < -0.4 is 14.2 Å². The van der Waals surface area contributed by atoms with Gasteiger partial charge in [-0.2, -0.15) is 13.1 Å². The summed E-state index contributed by atoms with van der Waals surface area (Å²) in [6, 6.07) is 3.22. The molecule has 0 bridgehead atoms. The van der Waals surface area contributed by atoms with Crippen molar-refractivity contribution in [3.8, 4) is 5.75 Å². The van der Waals surface area contributed by atoms with Crippen molar-refractivity contribution >= 4 is 16.3 Å². The molecule has 1 aromatic carbocycles. The average molecular weight is 360 g/mol. The smallest absolute Gasteiger partial charge is 0.422 e. The number of fused-ring (bicyclic) bond motifs is 1. The summed E-state index contributed by atoms with van der Waals surface area (Å²) >= 11 is 0. The molecule has 1 aromatic rings. The molecule has 134 valence electrons. The number of amides is 1. The van der Waals surface area contributed by atoms with Gasteiger partial charge in [-0.25, -0.2) is 13.9 Å². The van der Waals surface area contributed by atoms with Crippen molar-refractivity contribution < 1.29 is 27.1 Å². The first-order chi connectivity index (χ1) is 11.0. The number of halogens is 1. The van der Waals surface area contributed by atoms with Gasteiger partial charge in [-0.1, -0.05) is 13.0 Å². The van der Waals surface area contributed by atoms with Gasteiger partial charge in [0, 0.05) is 17.5 Å². The summed E-state index contributed by atoms with van der Waals surface area (Å²) in [6.07, 6.45) is -1.07. The fourth-order valence-electron chi connectivity index (χ4n) is 2.30. The lowest BCUT2D eigenvalue weighted by molar-refractivity contribution is 0.0569. The second-order valence-corrected chi connectivity index (χ2v) is 8.12. The zero-order chi connectivity index (χ0) is 18.1. The number of carbonyl (C=O) groups is 1. The summed E-state index contributed by atoms with van der Waals surface area (Å²) in [6.45, 7) is 6.87. The lowest BCUT2D eigenvalue weighted by atomic mass is 9.93. The molecule has 1 heterocycles. The van der Waals surface area contributed by atoms with Gasteiger partial charge in [0.25, 0.3) is 0 Å². The van der Waals surface area contributed by atoms with E-state index in [4.69, 9.17) is 9.47 Å². The Kier molecular flexibility index (Phi) is 5.05. The van der Waals surface area contributed by atoms with E-state index >= 15 is 0 Å². The van der Waals surface area contributed by atoms with Crippen LogP contribution in [0.15, 0.2) is 18.2 Å². The van der Waals surface area contributed by atoms with Crippen LogP contribution >= 0.6 is 0 Å². The highest BCUT2D eigenvalue weighted by Gasteiger charge is 2.32. The number of ether oxygens (including phenoxy) is 2. The van der Waals surface area contributed by atoms with Crippen LogP contribution in [0.3, 0.4) is 0 Å². The molecule has 0 aliphatic carbocycles. The molecule has 24 heavy (non-hydrogen) atoms. The minimum atomic E-state index is -4.16. The Bertz CT molecular complexity index is 730. The third-order valence-electron chi connectivity index (χ3n) is 3.28. The number of carbonyl (C=O) groups excluding carboxylic acids is 1. The molecule has 1 amide bonds. The SMILES string of the molecule is CC1COc2cc(F)ccc2C1NS(=O)(=O)NC(=O)OC(C)(C)C. The summed E-state index contributed by atoms with van der Waals surface area (Å²) in [7, 11) is -4.16. The van der Waals surface area contributed by atoms with Crippen molar-refractivity contribution in [2.45, 2.75) is 39.3 Å². The van der Waals surface area contributed by atoms with E-state index in [0.717, 1.165) is 0 Å². The molecule has 0 aromatic heterocycles. The Morgan fingerprint density at radius 2 is 2.04 bits per heavy atom. The van der Waals surface area contributed by atoms with E-state index < -0.39 is 33.8 Å². The maximum atomic E-state index is 13.3. The number of hydrogen-bond acceptors (Lipinski definition) is 5. The Hall–Kier alpha value is -1.87. The van der Waals surface area contributed by atoms with E-state index in [1.165, 1.54) is 18.2 Å². The summed E-state index contributed by atoms with van der Waals surface area (Å²) in [5.74, 6) is -0.409. The maximum absolute atomic E-state index is 13.3. The molecular weight excluding hydrogens is 339 g/mol. The van der Waals surface area contributed by atoms with Crippen LogP contribution in [0.4, 0.5) is 9.18 Å². The third-order valence-corrected chi connectivity index (χ3v) is 4.28. The fraction of sp³-hybridized carbons (Fsp3) is 0.533. The van der Waals surface area contributed by atoms with Gasteiger partial charge in [0.15, 0.2) is 0 Å². The van der Waals surface area contributed by atoms with Crippen LogP contribution in [0.2, 0.25) is 0 Å². The summed E-state index contributed by atoms with van der Waals surface area (Å²) in [4.78, 5) is 11.7. The van der Waals surface area contributed by atoms with Crippen molar-refractivity contribution in [1.29, 1.82) is 0 Å². The van der Waals surface area contributed by atoms with Gasteiger partial charge in [0.05, 0.1) is 12.6 Å². The summed E-state index contributed by atoms with van der Waals surface area (Å²) in [5.41, 5.74) is -0.319. The van der Waals surface area contributed by atoms with E-state index in [1.54, 1.807) is 27.7 Å². The normalized spacial score (nSPS) is 20.7. The molecule has 0 radical (unpaired) electrons. The van der Waals surface area contributed by atoms with Gasteiger partial charge < -0.3 is 9.47 Å². The van der Waals surface area contributed by atoms with Gasteiger partial charge in [-0.15, -0.1) is 0 Å². The lowest BCUT2D eigenvalue weighted by Gasteiger charge is -2.31. The molecule has 9 heteroatoms. The molecule has 7 nitrogen and oxygen atoms in total. The number of rotatable bonds is 3. The van der Waals surface area contributed by atoms with E-state index in [2.05, 4.69) is 4.72 Å². The Morgan fingerprint density at radius 1 is 1.38 bits per heavy atom. The van der Waals surface area contributed by atoms with Crippen LogP contribution in [-0.2, 0) is 14.9 Å². The molecule has 2 unspecified atom stereocenters. The summed E-state index contributed by atoms with van der Waals surface area (Å²) < 4.78 is 52.2. The largest absolute Gasteiger partial charge is 0.493 e. The monoisotopic (exact) mass is 360 g/mol. The van der Waals surface area contributed by atoms with Crippen LogP contribution in [0.25, 0.3) is 0 Å². The maximum Gasteiger partial charge on any atom is 0.422 e. The van der Waals surface area contributed by atoms with Crippen LogP contribution in [0, 0.1) is 11.7 Å². The fourth-order valence-corrected chi connectivity index (χ4v) is 3.31. The van der Waals surface area contributed by atoms with E-state index in [9.17, 15) is 17.6 Å². The topological polar surface area (TPSA) is 93.7 Å². The van der Waals surface area contributed by atoms with Crippen LogP contribution in [0.1, 0.15) is 39.3 Å². The van der Waals surface area contributed by atoms with Crippen molar-refractivity contribution in [1.82, 2.24) is 9.44 Å².